The fourth-order valence-electron chi connectivity index (χ4n) is 18.0. The topological polar surface area (TPSA) is 377 Å². The van der Waals surface area contributed by atoms with Crippen molar-refractivity contribution < 1.29 is 53.1 Å². The van der Waals surface area contributed by atoms with Gasteiger partial charge in [0.2, 0.25) is 32.8 Å². The van der Waals surface area contributed by atoms with Gasteiger partial charge in [0.05, 0.1) is 35.3 Å². The number of rotatable bonds is 30. The van der Waals surface area contributed by atoms with Crippen LogP contribution in [0.25, 0.3) is 38.7 Å². The number of nitrogens with zero attached hydrogens (tertiary/aromatic N) is 16. The first-order valence-electron chi connectivity index (χ1n) is 47.6. The number of benzene rings is 7. The third-order valence-electron chi connectivity index (χ3n) is 25.9. The van der Waals surface area contributed by atoms with Crippen LogP contribution in [0.3, 0.4) is 0 Å². The van der Waals surface area contributed by atoms with Crippen LogP contribution < -0.4 is 62.5 Å². The summed E-state index contributed by atoms with van der Waals surface area (Å²) in [5.41, 5.74) is 7.62. The number of likely N-dealkylation sites (tertiary alicyclic amines) is 2. The maximum absolute atomic E-state index is 14.3. The van der Waals surface area contributed by atoms with Crippen molar-refractivity contribution in [2.24, 2.45) is 5.92 Å². The molecule has 0 bridgehead atoms. The first kappa shape index (κ1) is 100. The standard InChI is InChI=1S/C36H36N8O3S.C35H38F3N5O4S.C35H34N8O5S/c1-42-19-17-28(18-20-42)39-26-13-15-27(16-14-26)40-36-37-22-25-21-31(43(2)29-9-5-3-6-10-29)35(45)44(33(25)41-36)23-32-34(38-24-47-32)48(46)30-11-7-4-8-12-30;1-23(24-13-16-46-17-14-24)30-18-26-19-39-34(40-27-9-11-28(12-10-27)47-29-7-5-15-42(2)21-29)41-32(26)43(33(30)44)20-25-6-3-4-8-31(25)48(45)22-35(36,37)38;1-23-6-3-4-8-30(23)48-31-18-24-19-38-35(40-25-9-11-26(12-10-25)42(2)27-7-5-15-37-20-27)41-32(24)43(33(31)44)21-29-34(47-22-39-29)49(45,46)28-13-16-36-17-14-28/h3-16,21-22,24,28,39H,17-20,23H2,1-2H3,(H,37,40,41);3-4,6,8-12,18-19,24,29H,1,5,7,13-17,20-22H2,2H3,(H,39,40,41);3-4,6,8-14,16-19,22,27,37H,5,7,15,20-21H2,1-2H3,(H,38,40,41). The summed E-state index contributed by atoms with van der Waals surface area (Å²) in [6.07, 6.45) is 13.5. The third-order valence-corrected chi connectivity index (χ3v) is 30.5. The average molecular weight is 2020 g/mol. The molecule has 39 heteroatoms. The first-order valence-corrected chi connectivity index (χ1v) is 51.6. The molecule has 0 amide bonds. The molecule has 13 heterocycles. The molecule has 16 aromatic rings. The highest BCUT2D eigenvalue weighted by Crippen LogP contribution is 2.36. The molecule has 0 aliphatic carbocycles. The van der Waals surface area contributed by atoms with Crippen LogP contribution in [0, 0.1) is 12.8 Å². The SMILES string of the molecule is C=C(c1cc2cnc(Nc3ccc(OC4CCCN(C)C4)cc3)nc2n(Cc2ccccc2S(=O)CC(F)(F)F)c1=O)C1CCOCC1.CN1CCC(Nc2ccc(Nc3ncc4cc(N(C)c5ccccc5)c(=O)n(Cc5ocnc5S(=O)c5ccccc5)c4n3)cc2)CC1.Cc1ccccc1Oc1cc2cnc(Nc3ccc(N(C)C4CCCNC4)cc3)nc2n(Cc2ncoc2S(=O)(=O)c2ccncc2)c1=O. The zero-order chi connectivity index (χ0) is 101. The Hall–Kier alpha value is -15.0. The fraction of sp³-hybridized carbons (Fsp3) is 0.283. The van der Waals surface area contributed by atoms with Crippen molar-refractivity contribution in [1.29, 1.82) is 0 Å². The number of aryl methyl sites for hydroxylation is 1. The van der Waals surface area contributed by atoms with E-state index in [-0.39, 0.29) is 91.8 Å². The van der Waals surface area contributed by atoms with E-state index in [4.69, 9.17) is 38.0 Å². The molecule has 4 atom stereocenters. The van der Waals surface area contributed by atoms with Crippen molar-refractivity contribution in [1.82, 2.24) is 73.7 Å². The lowest BCUT2D eigenvalue weighted by atomic mass is 9.88. The summed E-state index contributed by atoms with van der Waals surface area (Å²) in [6, 6.07) is 64.4. The number of nitrogens with one attached hydrogen (secondary N) is 5. The number of anilines is 10. The number of fused-ring (bicyclic) bond motifs is 3. The highest BCUT2D eigenvalue weighted by atomic mass is 32.2. The van der Waals surface area contributed by atoms with Gasteiger partial charge in [0.15, 0.2) is 29.3 Å². The van der Waals surface area contributed by atoms with E-state index in [2.05, 4.69) is 98.9 Å². The normalized spacial score (nSPS) is 15.9. The number of sulfone groups is 1. The summed E-state index contributed by atoms with van der Waals surface area (Å²) in [7, 11) is 0.110. The van der Waals surface area contributed by atoms with Gasteiger partial charge < -0.3 is 69.2 Å². The van der Waals surface area contributed by atoms with Crippen LogP contribution in [0.15, 0.2) is 311 Å². The number of alkyl halides is 3. The third kappa shape index (κ3) is 24.2. The summed E-state index contributed by atoms with van der Waals surface area (Å²) in [5, 5.41) is 18.4. The number of hydrogen-bond acceptors (Lipinski definition) is 30. The predicted molar refractivity (Wildman–Crippen MR) is 553 cm³/mol. The number of ether oxygens (including phenoxy) is 3. The van der Waals surface area contributed by atoms with Gasteiger partial charge >= 0.3 is 6.18 Å². The maximum Gasteiger partial charge on any atom is 0.400 e. The minimum Gasteiger partial charge on any atom is -0.489 e. The molecular weight excluding hydrogens is 1910 g/mol. The van der Waals surface area contributed by atoms with Gasteiger partial charge in [-0.25, -0.2) is 37.5 Å². The average Bonchev–Trinajstić information content (AvgIpc) is 1.07. The number of para-hydroxylation sites is 2. The number of halogens is 3. The van der Waals surface area contributed by atoms with Crippen LogP contribution in [-0.2, 0) is 55.8 Å². The van der Waals surface area contributed by atoms with Gasteiger partial charge in [-0.2, -0.15) is 28.1 Å². The van der Waals surface area contributed by atoms with E-state index in [0.29, 0.717) is 97.5 Å². The van der Waals surface area contributed by atoms with Crippen LogP contribution >= 0.6 is 0 Å². The highest BCUT2D eigenvalue weighted by molar-refractivity contribution is 7.91. The van der Waals surface area contributed by atoms with Gasteiger partial charge in [0.25, 0.3) is 16.7 Å². The second kappa shape index (κ2) is 45.3. The summed E-state index contributed by atoms with van der Waals surface area (Å²) in [6.45, 7) is 12.9. The fourth-order valence-corrected chi connectivity index (χ4v) is 21.5. The molecule has 145 heavy (non-hydrogen) atoms. The summed E-state index contributed by atoms with van der Waals surface area (Å²) < 4.78 is 126. The van der Waals surface area contributed by atoms with E-state index in [9.17, 15) is 44.4 Å². The second-order valence-electron chi connectivity index (χ2n) is 36.0. The Kier molecular flexibility index (Phi) is 31.3. The second-order valence-corrected chi connectivity index (χ2v) is 40.7. The Balaban J connectivity index is 0.000000143. The van der Waals surface area contributed by atoms with E-state index >= 15 is 0 Å². The monoisotopic (exact) mass is 2020 g/mol. The number of pyridine rings is 4. The zero-order valence-electron chi connectivity index (χ0n) is 80.3. The van der Waals surface area contributed by atoms with Crippen molar-refractivity contribution in [2.45, 2.75) is 127 Å². The van der Waals surface area contributed by atoms with Crippen molar-refractivity contribution in [2.75, 3.05) is 117 Å². The lowest BCUT2D eigenvalue weighted by Crippen LogP contribution is -2.44. The summed E-state index contributed by atoms with van der Waals surface area (Å²) in [5.74, 6) is 0.936. The van der Waals surface area contributed by atoms with Crippen LogP contribution in [0.2, 0.25) is 0 Å². The number of aromatic nitrogens is 12. The van der Waals surface area contributed by atoms with Gasteiger partial charge in [-0.3, -0.25) is 37.3 Å². The molecule has 0 spiro atoms. The molecule has 0 radical (unpaired) electrons. The molecule has 33 nitrogen and oxygen atoms in total. The van der Waals surface area contributed by atoms with Gasteiger partial charge in [0, 0.05) is 149 Å². The molecule has 4 unspecified atom stereocenters. The van der Waals surface area contributed by atoms with Crippen molar-refractivity contribution in [3.05, 3.63) is 322 Å². The van der Waals surface area contributed by atoms with Crippen LogP contribution in [-0.4, -0.2) is 196 Å². The van der Waals surface area contributed by atoms with Crippen molar-refractivity contribution in [3.8, 4) is 17.2 Å². The molecule has 9 aromatic heterocycles. The Morgan fingerprint density at radius 1 is 0.586 bits per heavy atom. The minimum absolute atomic E-state index is 0.0121. The van der Waals surface area contributed by atoms with E-state index in [1.807, 2.05) is 158 Å². The van der Waals surface area contributed by atoms with Gasteiger partial charge in [-0.15, -0.1) is 0 Å². The highest BCUT2D eigenvalue weighted by Gasteiger charge is 2.34. The predicted octanol–water partition coefficient (Wildman–Crippen LogP) is 17.3. The molecular formula is C106H108F3N21O12S3. The Labute approximate surface area is 838 Å². The molecule has 20 rings (SSSR count). The molecule has 5 N–H and O–H groups in total. The number of likely N-dealkylation sites (N-methyl/N-ethyl adjacent to an activating group) is 2. The number of piperidine rings is 3. The number of allylic oxidation sites excluding steroid dienone is 1. The summed E-state index contributed by atoms with van der Waals surface area (Å²) >= 11 is 0. The Morgan fingerprint density at radius 2 is 1.17 bits per heavy atom. The lowest BCUT2D eigenvalue weighted by Gasteiger charge is -2.33. The molecule has 4 fully saturated rings. The van der Waals surface area contributed by atoms with E-state index < -0.39 is 54.5 Å². The lowest BCUT2D eigenvalue weighted by molar-refractivity contribution is -0.105. The van der Waals surface area contributed by atoms with Gasteiger partial charge in [0.1, 0.15) is 62.5 Å². The largest absolute Gasteiger partial charge is 0.489 e. The Morgan fingerprint density at radius 3 is 1.81 bits per heavy atom. The molecule has 4 saturated heterocycles. The maximum atomic E-state index is 14.3. The molecule has 4 aliphatic rings. The smallest absolute Gasteiger partial charge is 0.400 e. The van der Waals surface area contributed by atoms with Crippen molar-refractivity contribution in [3.63, 3.8) is 0 Å². The number of oxazole rings is 2. The Bertz CT molecular complexity index is 7650. The van der Waals surface area contributed by atoms with Gasteiger partial charge in [-0.1, -0.05) is 79.4 Å². The molecule has 748 valence electrons. The van der Waals surface area contributed by atoms with Crippen LogP contribution in [0.5, 0.6) is 17.2 Å². The van der Waals surface area contributed by atoms with Crippen LogP contribution in [0.4, 0.5) is 70.8 Å². The summed E-state index contributed by atoms with van der Waals surface area (Å²) in [4.78, 5) is 92.0. The van der Waals surface area contributed by atoms with Crippen molar-refractivity contribution >= 4 is 128 Å². The molecule has 7 aromatic carbocycles. The first-order chi connectivity index (χ1) is 70.2. The molecule has 0 saturated carbocycles. The zero-order valence-corrected chi connectivity index (χ0v) is 82.8. The number of hydrogen-bond donors (Lipinski definition) is 5. The van der Waals surface area contributed by atoms with E-state index in [0.717, 1.165) is 137 Å². The quantitative estimate of drug-likeness (QED) is 0.0279. The van der Waals surface area contributed by atoms with E-state index in [1.54, 1.807) is 67.1 Å². The van der Waals surface area contributed by atoms with Gasteiger partial charge in [-0.05, 0) is 261 Å². The molecule has 4 aliphatic heterocycles. The minimum atomic E-state index is -4.62. The van der Waals surface area contributed by atoms with Crippen LogP contribution in [0.1, 0.15) is 79.5 Å². The van der Waals surface area contributed by atoms with E-state index in [1.165, 1.54) is 56.8 Å².